The van der Waals surface area contributed by atoms with Gasteiger partial charge in [-0.2, -0.15) is 14.1 Å². The SMILES string of the molecule is C[N-]C.[Br][W]([Br])[Br]. The molecule has 0 fully saturated rings. The molecule has 0 radical (unpaired) electrons. The molecular weight excluding hydrogens is 462 g/mol. The Kier molecular flexibility index (Phi) is 18.5. The summed E-state index contributed by atoms with van der Waals surface area (Å²) in [5.74, 6) is 0. The number of hydrogen-bond donors (Lipinski definition) is 0. The van der Waals surface area contributed by atoms with E-state index < -0.39 is 11.1 Å². The minimum absolute atomic E-state index is 1.09. The van der Waals surface area contributed by atoms with Gasteiger partial charge in [-0.3, -0.25) is 0 Å². The van der Waals surface area contributed by atoms with Gasteiger partial charge in [0.15, 0.2) is 0 Å². The van der Waals surface area contributed by atoms with Crippen LogP contribution in [0.1, 0.15) is 0 Å². The van der Waals surface area contributed by atoms with Crippen molar-refractivity contribution in [2.24, 2.45) is 0 Å². The summed E-state index contributed by atoms with van der Waals surface area (Å²) >= 11 is 8.81. The molecule has 0 atom stereocenters. The zero-order chi connectivity index (χ0) is 6.28. The second kappa shape index (κ2) is 11.0. The fourth-order valence-electron chi connectivity index (χ4n) is 0. The molecule has 0 spiro atoms. The van der Waals surface area contributed by atoms with E-state index >= 15 is 0 Å². The number of hydrogen-bond acceptors (Lipinski definition) is 0. The molecule has 0 aromatic heterocycles. The number of halogens is 3. The van der Waals surface area contributed by atoms with Crippen LogP contribution in [0.5, 0.6) is 0 Å². The van der Waals surface area contributed by atoms with Crippen LogP contribution in [-0.2, 0) is 11.1 Å². The molecule has 0 N–H and O–H groups in total. The molecule has 0 aromatic rings. The first-order valence-electron chi connectivity index (χ1n) is 1.36. The average Bonchev–Trinajstić information content (AvgIpc) is 1.33. The second-order valence-corrected chi connectivity index (χ2v) is 39.1. The third-order valence-corrected chi connectivity index (χ3v) is 0. The quantitative estimate of drug-likeness (QED) is 0.520. The van der Waals surface area contributed by atoms with Crippen molar-refractivity contribution in [2.75, 3.05) is 14.1 Å². The Bertz CT molecular complexity index is 24.1. The van der Waals surface area contributed by atoms with E-state index in [9.17, 15) is 0 Å². The number of nitrogens with zero attached hydrogens (tertiary/aromatic N) is 1. The van der Waals surface area contributed by atoms with Gasteiger partial charge in [-0.25, -0.2) is 0 Å². The molecule has 1 nitrogen and oxygen atoms in total. The predicted molar refractivity (Wildman–Crippen MR) is 42.0 cm³/mol. The van der Waals surface area contributed by atoms with E-state index in [-0.39, 0.29) is 0 Å². The molecule has 0 aliphatic rings. The van der Waals surface area contributed by atoms with Crippen molar-refractivity contribution in [1.82, 2.24) is 0 Å². The summed E-state index contributed by atoms with van der Waals surface area (Å²) in [6, 6.07) is 0. The molecule has 0 saturated carbocycles. The van der Waals surface area contributed by atoms with Gasteiger partial charge < -0.3 is 5.32 Å². The summed E-state index contributed by atoms with van der Waals surface area (Å²) < 4.78 is 0. The van der Waals surface area contributed by atoms with E-state index in [1.165, 1.54) is 0 Å². The third-order valence-electron chi connectivity index (χ3n) is 0. The Morgan fingerprint density at radius 1 is 1.14 bits per heavy atom. The van der Waals surface area contributed by atoms with Gasteiger partial charge >= 0.3 is 51.0 Å². The van der Waals surface area contributed by atoms with Crippen LogP contribution in [0.4, 0.5) is 0 Å². The topological polar surface area (TPSA) is 14.1 Å². The molecule has 0 unspecified atom stereocenters. The van der Waals surface area contributed by atoms with Crippen molar-refractivity contribution in [3.8, 4) is 0 Å². The minimum atomic E-state index is -1.09. The zero-order valence-corrected chi connectivity index (χ0v) is 11.7. The van der Waals surface area contributed by atoms with E-state index in [4.69, 9.17) is 0 Å². The van der Waals surface area contributed by atoms with Gasteiger partial charge in [-0.05, 0) is 0 Å². The van der Waals surface area contributed by atoms with Crippen molar-refractivity contribution in [2.45, 2.75) is 0 Å². The third kappa shape index (κ3) is 68.7. The van der Waals surface area contributed by atoms with Gasteiger partial charge in [0.1, 0.15) is 0 Å². The maximum atomic E-state index is 3.50. The molecule has 5 heteroatoms. The van der Waals surface area contributed by atoms with Crippen LogP contribution in [-0.4, -0.2) is 14.1 Å². The van der Waals surface area contributed by atoms with Crippen molar-refractivity contribution >= 4 is 39.9 Å². The van der Waals surface area contributed by atoms with Gasteiger partial charge in [0.05, 0.1) is 0 Å². The van der Waals surface area contributed by atoms with Crippen LogP contribution in [0.3, 0.4) is 0 Å². The van der Waals surface area contributed by atoms with Gasteiger partial charge in [0, 0.05) is 0 Å². The molecule has 0 bridgehead atoms. The van der Waals surface area contributed by atoms with Gasteiger partial charge in [-0.15, -0.1) is 0 Å². The van der Waals surface area contributed by atoms with Crippen LogP contribution in [0.25, 0.3) is 5.32 Å². The van der Waals surface area contributed by atoms with Crippen molar-refractivity contribution in [3.63, 3.8) is 0 Å². The molecule has 0 rings (SSSR count). The van der Waals surface area contributed by atoms with Crippen LogP contribution >= 0.6 is 39.9 Å². The summed E-state index contributed by atoms with van der Waals surface area (Å²) in [5.41, 5.74) is 0. The van der Waals surface area contributed by atoms with Crippen LogP contribution < -0.4 is 0 Å². The Morgan fingerprint density at radius 2 is 1.14 bits per heavy atom. The summed E-state index contributed by atoms with van der Waals surface area (Å²) in [7, 11) is 3.50. The fourth-order valence-corrected chi connectivity index (χ4v) is 0. The van der Waals surface area contributed by atoms with E-state index in [0.717, 1.165) is 0 Å². The zero-order valence-electron chi connectivity index (χ0n) is 3.99. The maximum absolute atomic E-state index is 3.50. The molecule has 7 heavy (non-hydrogen) atoms. The molecule has 0 saturated heterocycles. The first-order chi connectivity index (χ1) is 3.15. The molecule has 0 aromatic carbocycles. The van der Waals surface area contributed by atoms with Crippen molar-refractivity contribution < 1.29 is 11.1 Å². The average molecular weight is 468 g/mol. The Morgan fingerprint density at radius 3 is 1.14 bits per heavy atom. The fraction of sp³-hybridized carbons (Fsp3) is 1.00. The van der Waals surface area contributed by atoms with Gasteiger partial charge in [-0.1, -0.05) is 0 Å². The van der Waals surface area contributed by atoms with E-state index in [1.807, 2.05) is 0 Å². The van der Waals surface area contributed by atoms with Gasteiger partial charge in [0.2, 0.25) is 0 Å². The van der Waals surface area contributed by atoms with Crippen molar-refractivity contribution in [1.29, 1.82) is 0 Å². The number of rotatable bonds is 0. The molecule has 0 heterocycles. The van der Waals surface area contributed by atoms with Crippen molar-refractivity contribution in [3.05, 3.63) is 5.32 Å². The molecule has 0 aliphatic heterocycles. The monoisotopic (exact) mass is 465 g/mol. The van der Waals surface area contributed by atoms with E-state index in [1.54, 1.807) is 14.1 Å². The summed E-state index contributed by atoms with van der Waals surface area (Å²) in [4.78, 5) is 0. The first kappa shape index (κ1) is 11.8. The van der Waals surface area contributed by atoms with E-state index in [0.29, 0.717) is 0 Å². The standard InChI is InChI=1S/C2H6N.3BrH.W/c1-3-2;;;;/h1-2H3;3*1H;/q-1;;;;+3/p-3. The van der Waals surface area contributed by atoms with Crippen LogP contribution in [0.15, 0.2) is 0 Å². The Hall–Kier alpha value is 2.09. The first-order valence-corrected chi connectivity index (χ1v) is 20.6. The Labute approximate surface area is 69.6 Å². The normalized spacial score (nSPS) is 7.71. The molecule has 0 amide bonds. The van der Waals surface area contributed by atoms with Crippen LogP contribution in [0.2, 0.25) is 0 Å². The molecular formula is C2H6Br3NW-. The summed E-state index contributed by atoms with van der Waals surface area (Å²) in [6.07, 6.45) is 0. The van der Waals surface area contributed by atoms with Crippen LogP contribution in [0, 0.1) is 0 Å². The van der Waals surface area contributed by atoms with Gasteiger partial charge in [0.25, 0.3) is 0 Å². The summed E-state index contributed by atoms with van der Waals surface area (Å²) in [5, 5.41) is 3.50. The Balaban J connectivity index is 0. The molecule has 0 aliphatic carbocycles. The van der Waals surface area contributed by atoms with E-state index in [2.05, 4.69) is 45.2 Å². The predicted octanol–water partition coefficient (Wildman–Crippen LogP) is 3.15. The molecule has 47 valence electrons. The summed E-state index contributed by atoms with van der Waals surface area (Å²) in [6.45, 7) is 0. The second-order valence-electron chi connectivity index (χ2n) is 0.622.